The van der Waals surface area contributed by atoms with Gasteiger partial charge in [-0.05, 0) is 13.0 Å². The highest BCUT2D eigenvalue weighted by Crippen LogP contribution is 2.14. The fraction of sp³-hybridized carbons (Fsp3) is 0.182. The molecule has 0 atom stereocenters. The van der Waals surface area contributed by atoms with Gasteiger partial charge in [-0.2, -0.15) is 0 Å². The van der Waals surface area contributed by atoms with E-state index in [4.69, 9.17) is 5.84 Å². The van der Waals surface area contributed by atoms with Gasteiger partial charge in [0, 0.05) is 23.0 Å². The number of nitrogens with zero attached hydrogens (tertiary/aromatic N) is 2. The molecule has 2 heterocycles. The van der Waals surface area contributed by atoms with Gasteiger partial charge in [0.05, 0.1) is 23.3 Å². The molecule has 0 fully saturated rings. The van der Waals surface area contributed by atoms with Gasteiger partial charge in [0.1, 0.15) is 0 Å². The Labute approximate surface area is 108 Å². The summed E-state index contributed by atoms with van der Waals surface area (Å²) in [6, 6.07) is 1.72. The second kappa shape index (κ2) is 5.56. The lowest BCUT2D eigenvalue weighted by molar-refractivity contribution is 0.0951. The number of amides is 1. The van der Waals surface area contributed by atoms with Crippen molar-refractivity contribution >= 4 is 22.9 Å². The van der Waals surface area contributed by atoms with Gasteiger partial charge >= 0.3 is 0 Å². The Morgan fingerprint density at radius 3 is 3.00 bits per heavy atom. The Hall–Kier alpha value is -1.99. The Kier molecular flexibility index (Phi) is 3.85. The number of pyridine rings is 1. The highest BCUT2D eigenvalue weighted by atomic mass is 32.1. The number of rotatable bonds is 4. The summed E-state index contributed by atoms with van der Waals surface area (Å²) in [5.74, 6) is 5.16. The van der Waals surface area contributed by atoms with Crippen LogP contribution in [0, 0.1) is 6.92 Å². The van der Waals surface area contributed by atoms with Crippen molar-refractivity contribution in [1.29, 1.82) is 0 Å². The summed E-state index contributed by atoms with van der Waals surface area (Å²) in [6.45, 7) is 2.28. The second-order valence-corrected chi connectivity index (χ2v) is 4.64. The molecule has 0 aliphatic heterocycles. The molecular formula is C11H13N5OS. The lowest BCUT2D eigenvalue weighted by atomic mass is 10.2. The summed E-state index contributed by atoms with van der Waals surface area (Å²) >= 11 is 1.49. The molecule has 0 bridgehead atoms. The van der Waals surface area contributed by atoms with Crippen LogP contribution in [0.3, 0.4) is 0 Å². The van der Waals surface area contributed by atoms with Crippen molar-refractivity contribution in [2.75, 3.05) is 5.43 Å². The van der Waals surface area contributed by atoms with Crippen molar-refractivity contribution in [3.63, 3.8) is 0 Å². The minimum absolute atomic E-state index is 0.219. The molecule has 0 unspecified atom stereocenters. The predicted octanol–water partition coefficient (Wildman–Crippen LogP) is 1.06. The first-order valence-corrected chi connectivity index (χ1v) is 6.17. The number of hydrogen-bond donors (Lipinski definition) is 3. The van der Waals surface area contributed by atoms with Crippen molar-refractivity contribution in [3.05, 3.63) is 40.1 Å². The minimum atomic E-state index is -0.219. The first-order chi connectivity index (χ1) is 8.70. The van der Waals surface area contributed by atoms with E-state index in [-0.39, 0.29) is 5.91 Å². The number of aryl methyl sites for hydroxylation is 1. The number of nitrogens with two attached hydrogens (primary N) is 1. The lowest BCUT2D eigenvalue weighted by Crippen LogP contribution is -2.24. The first-order valence-electron chi connectivity index (χ1n) is 5.29. The van der Waals surface area contributed by atoms with Crippen molar-refractivity contribution in [2.24, 2.45) is 5.84 Å². The Morgan fingerprint density at radius 1 is 1.50 bits per heavy atom. The monoisotopic (exact) mass is 263 g/mol. The third-order valence-electron chi connectivity index (χ3n) is 2.35. The predicted molar refractivity (Wildman–Crippen MR) is 70.1 cm³/mol. The maximum Gasteiger partial charge on any atom is 0.255 e. The van der Waals surface area contributed by atoms with Crippen molar-refractivity contribution in [3.8, 4) is 0 Å². The molecule has 0 aliphatic rings. The molecule has 0 aliphatic carbocycles. The molecule has 18 heavy (non-hydrogen) atoms. The van der Waals surface area contributed by atoms with E-state index < -0.39 is 0 Å². The van der Waals surface area contributed by atoms with Crippen LogP contribution in [0.25, 0.3) is 0 Å². The summed E-state index contributed by atoms with van der Waals surface area (Å²) < 4.78 is 0. The second-order valence-electron chi connectivity index (χ2n) is 3.67. The molecule has 2 aromatic rings. The van der Waals surface area contributed by atoms with Crippen molar-refractivity contribution in [1.82, 2.24) is 15.3 Å². The van der Waals surface area contributed by atoms with Crippen LogP contribution in [-0.2, 0) is 6.54 Å². The summed E-state index contributed by atoms with van der Waals surface area (Å²) in [7, 11) is 0. The topological polar surface area (TPSA) is 92.9 Å². The van der Waals surface area contributed by atoms with E-state index in [1.807, 2.05) is 6.92 Å². The van der Waals surface area contributed by atoms with E-state index in [1.165, 1.54) is 17.5 Å². The first kappa shape index (κ1) is 12.5. The molecule has 94 valence electrons. The standard InChI is InChI=1S/C11H13N5OS/c1-7-2-10(16-12)9(5-14-7)11(17)15-4-8-3-13-6-18-8/h2-3,5-6H,4,12H2,1H3,(H,14,16)(H,15,17). The number of carbonyl (C=O) groups is 1. The van der Waals surface area contributed by atoms with E-state index in [0.717, 1.165) is 10.6 Å². The van der Waals surface area contributed by atoms with Crippen molar-refractivity contribution in [2.45, 2.75) is 13.5 Å². The molecule has 0 saturated carbocycles. The number of carbonyl (C=O) groups excluding carboxylic acids is 1. The van der Waals surface area contributed by atoms with Crippen molar-refractivity contribution < 1.29 is 4.79 Å². The van der Waals surface area contributed by atoms with Gasteiger partial charge in [-0.3, -0.25) is 20.6 Å². The third kappa shape index (κ3) is 2.82. The molecule has 2 rings (SSSR count). The smallest absolute Gasteiger partial charge is 0.255 e. The summed E-state index contributed by atoms with van der Waals surface area (Å²) in [6.07, 6.45) is 3.23. The molecule has 0 radical (unpaired) electrons. The lowest BCUT2D eigenvalue weighted by Gasteiger charge is -2.09. The van der Waals surface area contributed by atoms with Gasteiger partial charge in [-0.1, -0.05) is 0 Å². The molecule has 6 nitrogen and oxygen atoms in total. The van der Waals surface area contributed by atoms with Crippen LogP contribution >= 0.6 is 11.3 Å². The third-order valence-corrected chi connectivity index (χ3v) is 3.13. The summed E-state index contributed by atoms with van der Waals surface area (Å²) in [5.41, 5.74) is 6.00. The largest absolute Gasteiger partial charge is 0.347 e. The Bertz CT molecular complexity index is 540. The van der Waals surface area contributed by atoms with Gasteiger partial charge in [0.15, 0.2) is 0 Å². The zero-order valence-corrected chi connectivity index (χ0v) is 10.6. The fourth-order valence-electron chi connectivity index (χ4n) is 1.45. The zero-order valence-electron chi connectivity index (χ0n) is 9.80. The number of aromatic nitrogens is 2. The number of hydrogen-bond acceptors (Lipinski definition) is 6. The van der Waals surface area contributed by atoms with E-state index >= 15 is 0 Å². The highest BCUT2D eigenvalue weighted by Gasteiger charge is 2.11. The Balaban J connectivity index is 2.09. The molecule has 7 heteroatoms. The maximum absolute atomic E-state index is 12.0. The van der Waals surface area contributed by atoms with Crippen LogP contribution in [0.5, 0.6) is 0 Å². The number of thiazole rings is 1. The van der Waals surface area contributed by atoms with E-state index in [9.17, 15) is 4.79 Å². The van der Waals surface area contributed by atoms with E-state index in [1.54, 1.807) is 17.8 Å². The number of nitrogens with one attached hydrogen (secondary N) is 2. The average molecular weight is 263 g/mol. The van der Waals surface area contributed by atoms with Crippen LogP contribution in [0.4, 0.5) is 5.69 Å². The van der Waals surface area contributed by atoms with Gasteiger partial charge in [0.25, 0.3) is 5.91 Å². The van der Waals surface area contributed by atoms with Gasteiger partial charge in [0.2, 0.25) is 0 Å². The van der Waals surface area contributed by atoms with Crippen LogP contribution in [0.2, 0.25) is 0 Å². The van der Waals surface area contributed by atoms with Gasteiger partial charge in [-0.15, -0.1) is 11.3 Å². The summed E-state index contributed by atoms with van der Waals surface area (Å²) in [4.78, 5) is 21.0. The average Bonchev–Trinajstić information content (AvgIpc) is 2.88. The van der Waals surface area contributed by atoms with Crippen LogP contribution < -0.4 is 16.6 Å². The molecule has 4 N–H and O–H groups in total. The molecule has 1 amide bonds. The SMILES string of the molecule is Cc1cc(NN)c(C(=O)NCc2cncs2)cn1. The zero-order chi connectivity index (χ0) is 13.0. The molecule has 0 spiro atoms. The van der Waals surface area contributed by atoms with Crippen LogP contribution in [0.15, 0.2) is 24.0 Å². The quantitative estimate of drug-likeness (QED) is 0.566. The van der Waals surface area contributed by atoms with Gasteiger partial charge < -0.3 is 10.7 Å². The highest BCUT2D eigenvalue weighted by molar-refractivity contribution is 7.09. The maximum atomic E-state index is 12.0. The molecule has 0 saturated heterocycles. The van der Waals surface area contributed by atoms with Crippen LogP contribution in [0.1, 0.15) is 20.9 Å². The van der Waals surface area contributed by atoms with E-state index in [2.05, 4.69) is 20.7 Å². The normalized spacial score (nSPS) is 10.1. The minimum Gasteiger partial charge on any atom is -0.347 e. The summed E-state index contributed by atoms with van der Waals surface area (Å²) in [5, 5.41) is 2.79. The molecule has 2 aromatic heterocycles. The molecular weight excluding hydrogens is 250 g/mol. The molecule has 0 aromatic carbocycles. The fourth-order valence-corrected chi connectivity index (χ4v) is 1.99. The van der Waals surface area contributed by atoms with E-state index in [0.29, 0.717) is 17.8 Å². The Morgan fingerprint density at radius 2 is 2.33 bits per heavy atom. The number of nitrogen functional groups attached to an aromatic ring is 1. The van der Waals surface area contributed by atoms with Gasteiger partial charge in [-0.25, -0.2) is 0 Å². The number of anilines is 1. The number of hydrazine groups is 1. The van der Waals surface area contributed by atoms with Crippen LogP contribution in [-0.4, -0.2) is 15.9 Å².